The average molecular weight is 414 g/mol. The maximum absolute atomic E-state index is 13.0. The van der Waals surface area contributed by atoms with Crippen LogP contribution in [-0.4, -0.2) is 25.9 Å². The van der Waals surface area contributed by atoms with Crippen LogP contribution in [0, 0.1) is 5.82 Å². The Kier molecular flexibility index (Phi) is 6.32. The van der Waals surface area contributed by atoms with Crippen molar-refractivity contribution in [1.82, 2.24) is 9.71 Å². The quantitative estimate of drug-likeness (QED) is 0.549. The molecule has 29 heavy (non-hydrogen) atoms. The predicted molar refractivity (Wildman–Crippen MR) is 107 cm³/mol. The molecule has 0 spiro atoms. The van der Waals surface area contributed by atoms with Crippen LogP contribution in [0.15, 0.2) is 78.0 Å². The van der Waals surface area contributed by atoms with Gasteiger partial charge in [-0.25, -0.2) is 17.5 Å². The van der Waals surface area contributed by atoms with Crippen molar-refractivity contribution in [2.75, 3.05) is 11.9 Å². The van der Waals surface area contributed by atoms with E-state index in [1.807, 2.05) is 0 Å². The molecule has 0 aliphatic heterocycles. The van der Waals surface area contributed by atoms with E-state index >= 15 is 0 Å². The highest BCUT2D eigenvalue weighted by molar-refractivity contribution is 7.89. The monoisotopic (exact) mass is 414 g/mol. The molecule has 1 unspecified atom stereocenters. The van der Waals surface area contributed by atoms with Gasteiger partial charge in [-0.05, 0) is 54.1 Å². The third kappa shape index (κ3) is 5.44. The van der Waals surface area contributed by atoms with E-state index in [0.29, 0.717) is 16.8 Å². The number of nitrogens with zero attached hydrogens (tertiary/aromatic N) is 1. The fourth-order valence-corrected chi connectivity index (χ4v) is 3.59. The Bertz CT molecular complexity index is 1070. The molecule has 1 amide bonds. The molecule has 7 nitrogen and oxygen atoms in total. The fourth-order valence-electron chi connectivity index (χ4n) is 2.53. The maximum Gasteiger partial charge on any atom is 0.255 e. The molecule has 1 atom stereocenters. The molecule has 0 saturated heterocycles. The number of nitrogens with one attached hydrogen (secondary N) is 2. The second kappa shape index (κ2) is 8.91. The Morgan fingerprint density at radius 3 is 2.24 bits per heavy atom. The molecule has 0 aliphatic carbocycles. The van der Waals surface area contributed by atoms with Crippen molar-refractivity contribution < 1.29 is 17.6 Å². The van der Waals surface area contributed by atoms with Crippen LogP contribution < -0.4 is 15.8 Å². The minimum absolute atomic E-state index is 0.0470. The number of carbonyl (C=O) groups excluding carboxylic acids is 1. The van der Waals surface area contributed by atoms with Crippen molar-refractivity contribution in [2.45, 2.75) is 10.9 Å². The molecule has 0 radical (unpaired) electrons. The molecular weight excluding hydrogens is 395 g/mol. The zero-order valence-electron chi connectivity index (χ0n) is 15.2. The first-order valence-electron chi connectivity index (χ1n) is 8.67. The molecule has 0 bridgehead atoms. The molecule has 0 saturated carbocycles. The normalized spacial score (nSPS) is 12.3. The van der Waals surface area contributed by atoms with Gasteiger partial charge in [-0.3, -0.25) is 9.78 Å². The fraction of sp³-hybridized carbons (Fsp3) is 0.100. The molecule has 1 heterocycles. The highest BCUT2D eigenvalue weighted by Gasteiger charge is 2.16. The summed E-state index contributed by atoms with van der Waals surface area (Å²) >= 11 is 0. The number of aromatic nitrogens is 1. The number of carbonyl (C=O) groups is 1. The van der Waals surface area contributed by atoms with Gasteiger partial charge in [0.1, 0.15) is 5.82 Å². The summed E-state index contributed by atoms with van der Waals surface area (Å²) in [5.74, 6) is -0.804. The average Bonchev–Trinajstić information content (AvgIpc) is 2.73. The lowest BCUT2D eigenvalue weighted by atomic mass is 10.1. The summed E-state index contributed by atoms with van der Waals surface area (Å²) in [6, 6.07) is 13.8. The Morgan fingerprint density at radius 2 is 1.62 bits per heavy atom. The number of hydrogen-bond donors (Lipinski definition) is 3. The van der Waals surface area contributed by atoms with Crippen LogP contribution in [-0.2, 0) is 10.0 Å². The summed E-state index contributed by atoms with van der Waals surface area (Å²) < 4.78 is 39.9. The molecule has 0 aliphatic rings. The van der Waals surface area contributed by atoms with E-state index < -0.39 is 21.9 Å². The molecule has 1 aromatic heterocycles. The second-order valence-electron chi connectivity index (χ2n) is 6.22. The van der Waals surface area contributed by atoms with Crippen LogP contribution in [0.3, 0.4) is 0 Å². The lowest BCUT2D eigenvalue weighted by molar-refractivity contribution is 0.102. The highest BCUT2D eigenvalue weighted by atomic mass is 32.2. The molecule has 3 rings (SSSR count). The van der Waals surface area contributed by atoms with Gasteiger partial charge in [0.25, 0.3) is 5.91 Å². The van der Waals surface area contributed by atoms with E-state index in [4.69, 9.17) is 5.73 Å². The van der Waals surface area contributed by atoms with Crippen LogP contribution in [0.4, 0.5) is 10.1 Å². The van der Waals surface area contributed by atoms with Gasteiger partial charge >= 0.3 is 0 Å². The third-order valence-corrected chi connectivity index (χ3v) is 5.60. The summed E-state index contributed by atoms with van der Waals surface area (Å²) in [6.45, 7) is -0.0533. The molecule has 9 heteroatoms. The predicted octanol–water partition coefficient (Wildman–Crippen LogP) is 2.45. The number of benzene rings is 2. The van der Waals surface area contributed by atoms with Gasteiger partial charge in [0.2, 0.25) is 10.0 Å². The van der Waals surface area contributed by atoms with Crippen molar-refractivity contribution >= 4 is 21.6 Å². The Balaban J connectivity index is 1.60. The third-order valence-electron chi connectivity index (χ3n) is 4.16. The lowest BCUT2D eigenvalue weighted by Crippen LogP contribution is -2.32. The van der Waals surface area contributed by atoms with E-state index in [-0.39, 0.29) is 17.3 Å². The van der Waals surface area contributed by atoms with Gasteiger partial charge in [-0.2, -0.15) is 0 Å². The van der Waals surface area contributed by atoms with Crippen molar-refractivity contribution in [1.29, 1.82) is 0 Å². The summed E-state index contributed by atoms with van der Waals surface area (Å²) in [5.41, 5.74) is 7.78. The molecule has 2 aromatic carbocycles. The van der Waals surface area contributed by atoms with Gasteiger partial charge in [0, 0.05) is 36.2 Å². The SMILES string of the molecule is NC(CNS(=O)(=O)c1ccc(F)cc1)c1ccc(C(=O)Nc2ccncc2)cc1. The van der Waals surface area contributed by atoms with Crippen LogP contribution in [0.1, 0.15) is 22.0 Å². The Labute approximate surface area is 167 Å². The van der Waals surface area contributed by atoms with E-state index in [2.05, 4.69) is 15.0 Å². The standard InChI is InChI=1S/C20H19FN4O3S/c21-16-5-7-18(8-6-16)29(27,28)24-13-19(22)14-1-3-15(4-2-14)20(26)25-17-9-11-23-12-10-17/h1-12,19,24H,13,22H2,(H,23,25,26). The van der Waals surface area contributed by atoms with Crippen molar-refractivity contribution in [3.05, 3.63) is 90.0 Å². The van der Waals surface area contributed by atoms with Gasteiger partial charge in [0.15, 0.2) is 0 Å². The maximum atomic E-state index is 13.0. The van der Waals surface area contributed by atoms with Gasteiger partial charge in [0.05, 0.1) is 4.90 Å². The number of sulfonamides is 1. The lowest BCUT2D eigenvalue weighted by Gasteiger charge is -2.14. The van der Waals surface area contributed by atoms with Crippen molar-refractivity contribution in [2.24, 2.45) is 5.73 Å². The summed E-state index contributed by atoms with van der Waals surface area (Å²) in [5, 5.41) is 2.75. The van der Waals surface area contributed by atoms with Crippen molar-refractivity contribution in [3.63, 3.8) is 0 Å². The minimum Gasteiger partial charge on any atom is -0.323 e. The number of halogens is 1. The number of rotatable bonds is 7. The minimum atomic E-state index is -3.80. The van der Waals surface area contributed by atoms with E-state index in [1.54, 1.807) is 48.8 Å². The zero-order chi connectivity index (χ0) is 20.9. The smallest absolute Gasteiger partial charge is 0.255 e. The Hall–Kier alpha value is -3.14. The molecule has 3 aromatic rings. The van der Waals surface area contributed by atoms with Crippen LogP contribution in [0.5, 0.6) is 0 Å². The van der Waals surface area contributed by atoms with E-state index in [9.17, 15) is 17.6 Å². The number of amides is 1. The first-order chi connectivity index (χ1) is 13.8. The zero-order valence-corrected chi connectivity index (χ0v) is 16.1. The van der Waals surface area contributed by atoms with Gasteiger partial charge < -0.3 is 11.1 Å². The number of hydrogen-bond acceptors (Lipinski definition) is 5. The van der Waals surface area contributed by atoms with Gasteiger partial charge in [-0.15, -0.1) is 0 Å². The van der Waals surface area contributed by atoms with Gasteiger partial charge in [-0.1, -0.05) is 12.1 Å². The largest absolute Gasteiger partial charge is 0.323 e. The van der Waals surface area contributed by atoms with E-state index in [0.717, 1.165) is 12.1 Å². The van der Waals surface area contributed by atoms with Crippen molar-refractivity contribution in [3.8, 4) is 0 Å². The first kappa shape index (κ1) is 20.6. The summed E-state index contributed by atoms with van der Waals surface area (Å²) in [4.78, 5) is 16.1. The van der Waals surface area contributed by atoms with Crippen LogP contribution in [0.2, 0.25) is 0 Å². The number of anilines is 1. The molecular formula is C20H19FN4O3S. The number of nitrogens with two attached hydrogens (primary N) is 1. The number of pyridine rings is 1. The first-order valence-corrected chi connectivity index (χ1v) is 10.2. The Morgan fingerprint density at radius 1 is 1.00 bits per heavy atom. The highest BCUT2D eigenvalue weighted by Crippen LogP contribution is 2.15. The van der Waals surface area contributed by atoms with Crippen LogP contribution in [0.25, 0.3) is 0 Å². The molecule has 0 fully saturated rings. The summed E-state index contributed by atoms with van der Waals surface area (Å²) in [7, 11) is -3.80. The topological polar surface area (TPSA) is 114 Å². The molecule has 4 N–H and O–H groups in total. The molecule has 150 valence electrons. The summed E-state index contributed by atoms with van der Waals surface area (Å²) in [6.07, 6.45) is 3.15. The second-order valence-corrected chi connectivity index (χ2v) is 7.99. The van der Waals surface area contributed by atoms with Crippen LogP contribution >= 0.6 is 0 Å². The van der Waals surface area contributed by atoms with E-state index in [1.165, 1.54) is 12.1 Å².